The maximum absolute atomic E-state index is 13.1. The van der Waals surface area contributed by atoms with Gasteiger partial charge in [-0.25, -0.2) is 9.79 Å². The van der Waals surface area contributed by atoms with Gasteiger partial charge < -0.3 is 14.4 Å². The number of carbonyl (C=O) groups is 2. The molecule has 2 aliphatic rings. The fraction of sp³-hybridized carbons (Fsp3) is 0.320. The predicted molar refractivity (Wildman–Crippen MR) is 139 cm³/mol. The molecule has 2 aromatic rings. The molecule has 188 valence electrons. The SMILES string of the molecule is CCOC(=O)c1cccc(N=C2SC(=Cc3ccc(N4CCOCC4)c([N+](=O)[O-])c3)C(=O)N2CC)c1. The number of carbonyl (C=O) groups excluding carboxylic acids is 2. The van der Waals surface area contributed by atoms with Gasteiger partial charge in [0.15, 0.2) is 5.17 Å². The minimum absolute atomic E-state index is 0.0151. The lowest BCUT2D eigenvalue weighted by molar-refractivity contribution is -0.384. The molecule has 2 heterocycles. The minimum Gasteiger partial charge on any atom is -0.462 e. The van der Waals surface area contributed by atoms with Crippen LogP contribution in [0, 0.1) is 10.1 Å². The highest BCUT2D eigenvalue weighted by atomic mass is 32.2. The Morgan fingerprint density at radius 2 is 2.00 bits per heavy atom. The van der Waals surface area contributed by atoms with Crippen LogP contribution >= 0.6 is 11.8 Å². The molecule has 0 radical (unpaired) electrons. The molecule has 10 nitrogen and oxygen atoms in total. The van der Waals surface area contributed by atoms with E-state index in [1.807, 2.05) is 11.8 Å². The summed E-state index contributed by atoms with van der Waals surface area (Å²) >= 11 is 1.19. The van der Waals surface area contributed by atoms with Gasteiger partial charge in [-0.2, -0.15) is 0 Å². The highest BCUT2D eigenvalue weighted by molar-refractivity contribution is 8.18. The molecule has 4 rings (SSSR count). The van der Waals surface area contributed by atoms with Crippen LogP contribution in [-0.4, -0.2) is 66.3 Å². The van der Waals surface area contributed by atoms with Gasteiger partial charge in [0.25, 0.3) is 11.6 Å². The lowest BCUT2D eigenvalue weighted by Gasteiger charge is -2.28. The second kappa shape index (κ2) is 11.4. The van der Waals surface area contributed by atoms with Crippen molar-refractivity contribution in [2.75, 3.05) is 44.4 Å². The standard InChI is InChI=1S/C25H26N4O6S/c1-3-28-23(30)22(36-25(28)26-19-7-5-6-18(16-19)24(31)35-4-2)15-17-8-9-20(21(14-17)29(32)33)27-10-12-34-13-11-27/h5-9,14-16H,3-4,10-13H2,1-2H3. The van der Waals surface area contributed by atoms with Crippen molar-refractivity contribution in [2.45, 2.75) is 13.8 Å². The first-order chi connectivity index (χ1) is 17.4. The van der Waals surface area contributed by atoms with E-state index in [1.54, 1.807) is 49.4 Å². The first-order valence-corrected chi connectivity index (χ1v) is 12.4. The third-order valence-electron chi connectivity index (χ3n) is 5.63. The van der Waals surface area contributed by atoms with Gasteiger partial charge in [-0.1, -0.05) is 12.1 Å². The van der Waals surface area contributed by atoms with Crippen LogP contribution in [0.1, 0.15) is 29.8 Å². The van der Waals surface area contributed by atoms with Crippen molar-refractivity contribution in [2.24, 2.45) is 4.99 Å². The van der Waals surface area contributed by atoms with E-state index in [-0.39, 0.29) is 18.2 Å². The van der Waals surface area contributed by atoms with E-state index in [4.69, 9.17) is 9.47 Å². The summed E-state index contributed by atoms with van der Waals surface area (Å²) in [7, 11) is 0. The number of hydrogen-bond acceptors (Lipinski definition) is 9. The molecular weight excluding hydrogens is 484 g/mol. The van der Waals surface area contributed by atoms with Gasteiger partial charge in [-0.15, -0.1) is 0 Å². The van der Waals surface area contributed by atoms with Gasteiger partial charge in [0.2, 0.25) is 0 Å². The summed E-state index contributed by atoms with van der Waals surface area (Å²) in [6.07, 6.45) is 1.64. The van der Waals surface area contributed by atoms with Crippen LogP contribution in [0.15, 0.2) is 52.4 Å². The Balaban J connectivity index is 1.62. The molecule has 0 aliphatic carbocycles. The maximum atomic E-state index is 13.1. The number of hydrogen-bond donors (Lipinski definition) is 0. The topological polar surface area (TPSA) is 115 Å². The van der Waals surface area contributed by atoms with Crippen LogP contribution in [0.5, 0.6) is 0 Å². The van der Waals surface area contributed by atoms with Crippen molar-refractivity contribution in [3.05, 3.63) is 68.6 Å². The fourth-order valence-corrected chi connectivity index (χ4v) is 4.96. The molecule has 2 fully saturated rings. The minimum atomic E-state index is -0.440. The molecule has 0 bridgehead atoms. The zero-order valence-corrected chi connectivity index (χ0v) is 20.8. The first kappa shape index (κ1) is 25.4. The van der Waals surface area contributed by atoms with E-state index in [9.17, 15) is 19.7 Å². The van der Waals surface area contributed by atoms with E-state index in [2.05, 4.69) is 4.99 Å². The third-order valence-corrected chi connectivity index (χ3v) is 6.64. The van der Waals surface area contributed by atoms with E-state index in [0.717, 1.165) is 0 Å². The third kappa shape index (κ3) is 5.58. The summed E-state index contributed by atoms with van der Waals surface area (Å²) in [5.74, 6) is -0.674. The zero-order valence-electron chi connectivity index (χ0n) is 20.0. The molecule has 0 unspecified atom stereocenters. The van der Waals surface area contributed by atoms with E-state index in [0.29, 0.717) is 65.4 Å². The Morgan fingerprint density at radius 3 is 2.69 bits per heavy atom. The van der Waals surface area contributed by atoms with E-state index < -0.39 is 10.9 Å². The van der Waals surface area contributed by atoms with E-state index >= 15 is 0 Å². The number of morpholine rings is 1. The second-order valence-corrected chi connectivity index (χ2v) is 8.94. The second-order valence-electron chi connectivity index (χ2n) is 7.93. The molecule has 0 aromatic heterocycles. The molecule has 2 aliphatic heterocycles. The van der Waals surface area contributed by atoms with Crippen LogP contribution < -0.4 is 4.90 Å². The molecular formula is C25H26N4O6S. The molecule has 0 saturated carbocycles. The number of benzene rings is 2. The number of rotatable bonds is 7. The molecule has 0 atom stereocenters. The normalized spacial score (nSPS) is 18.2. The monoisotopic (exact) mass is 510 g/mol. The van der Waals surface area contributed by atoms with Gasteiger partial charge in [0.05, 0.1) is 40.9 Å². The predicted octanol–water partition coefficient (Wildman–Crippen LogP) is 4.23. The Labute approximate surface area is 212 Å². The van der Waals surface area contributed by atoms with Crippen LogP contribution in [0.4, 0.5) is 17.1 Å². The van der Waals surface area contributed by atoms with Crippen molar-refractivity contribution in [1.29, 1.82) is 0 Å². The van der Waals surface area contributed by atoms with Gasteiger partial charge >= 0.3 is 5.97 Å². The molecule has 1 amide bonds. The average molecular weight is 511 g/mol. The first-order valence-electron chi connectivity index (χ1n) is 11.6. The summed E-state index contributed by atoms with van der Waals surface area (Å²) in [4.78, 5) is 45.0. The molecule has 2 aromatic carbocycles. The summed E-state index contributed by atoms with van der Waals surface area (Å²) in [5.41, 5.74) is 1.96. The summed E-state index contributed by atoms with van der Waals surface area (Å²) in [6.45, 7) is 6.45. The average Bonchev–Trinajstić information content (AvgIpc) is 3.18. The Bertz CT molecular complexity index is 1240. The lowest BCUT2D eigenvalue weighted by Crippen LogP contribution is -2.36. The molecule has 0 N–H and O–H groups in total. The number of nitrogens with zero attached hydrogens (tertiary/aromatic N) is 4. The highest BCUT2D eigenvalue weighted by Gasteiger charge is 2.32. The highest BCUT2D eigenvalue weighted by Crippen LogP contribution is 2.36. The molecule has 11 heteroatoms. The number of nitro groups is 1. The van der Waals surface area contributed by atoms with Crippen molar-refractivity contribution in [3.63, 3.8) is 0 Å². The number of nitro benzene ring substituents is 1. The maximum Gasteiger partial charge on any atom is 0.338 e. The molecule has 0 spiro atoms. The van der Waals surface area contributed by atoms with Gasteiger partial charge in [-0.05, 0) is 61.5 Å². The Morgan fingerprint density at radius 1 is 1.22 bits per heavy atom. The van der Waals surface area contributed by atoms with Crippen LogP contribution in [0.2, 0.25) is 0 Å². The van der Waals surface area contributed by atoms with E-state index in [1.165, 1.54) is 22.7 Å². The van der Waals surface area contributed by atoms with Gasteiger partial charge in [0.1, 0.15) is 5.69 Å². The van der Waals surface area contributed by atoms with Crippen molar-refractivity contribution >= 4 is 51.9 Å². The number of aliphatic imine (C=N–C) groups is 1. The lowest BCUT2D eigenvalue weighted by atomic mass is 10.1. The Hall–Kier alpha value is -3.70. The van der Waals surface area contributed by atoms with Crippen molar-refractivity contribution < 1.29 is 24.0 Å². The smallest absolute Gasteiger partial charge is 0.338 e. The van der Waals surface area contributed by atoms with Gasteiger partial charge in [0, 0.05) is 25.7 Å². The van der Waals surface area contributed by atoms with Gasteiger partial charge in [-0.3, -0.25) is 19.8 Å². The molecule has 2 saturated heterocycles. The van der Waals surface area contributed by atoms with Crippen LogP contribution in [-0.2, 0) is 14.3 Å². The number of amidine groups is 1. The van der Waals surface area contributed by atoms with Crippen LogP contribution in [0.25, 0.3) is 6.08 Å². The number of anilines is 1. The zero-order chi connectivity index (χ0) is 25.7. The summed E-state index contributed by atoms with van der Waals surface area (Å²) in [5, 5.41) is 12.2. The number of likely N-dealkylation sites (N-methyl/N-ethyl adjacent to an activating group) is 1. The number of esters is 1. The quantitative estimate of drug-likeness (QED) is 0.235. The van der Waals surface area contributed by atoms with Crippen molar-refractivity contribution in [3.8, 4) is 0 Å². The fourth-order valence-electron chi connectivity index (χ4n) is 3.90. The number of ether oxygens (including phenoxy) is 2. The molecule has 36 heavy (non-hydrogen) atoms. The van der Waals surface area contributed by atoms with Crippen LogP contribution in [0.3, 0.4) is 0 Å². The number of thioether (sulfide) groups is 1. The largest absolute Gasteiger partial charge is 0.462 e. The Kier molecular flexibility index (Phi) is 8.01. The summed E-state index contributed by atoms with van der Waals surface area (Å²) < 4.78 is 10.4. The summed E-state index contributed by atoms with van der Waals surface area (Å²) in [6, 6.07) is 11.7. The van der Waals surface area contributed by atoms with Crippen molar-refractivity contribution in [1.82, 2.24) is 4.90 Å². The number of amides is 1.